The van der Waals surface area contributed by atoms with E-state index in [2.05, 4.69) is 24.4 Å². The van der Waals surface area contributed by atoms with Crippen molar-refractivity contribution < 1.29 is 52.9 Å². The van der Waals surface area contributed by atoms with Gasteiger partial charge in [0.15, 0.2) is 6.10 Å². The van der Waals surface area contributed by atoms with E-state index in [4.69, 9.17) is 19.1 Å². The zero-order chi connectivity index (χ0) is 41.4. The summed E-state index contributed by atoms with van der Waals surface area (Å²) in [4.78, 5) is 35.0. The molecule has 0 aromatic heterocycles. The van der Waals surface area contributed by atoms with Gasteiger partial charge in [-0.05, 0) is 44.9 Å². The second-order valence-electron chi connectivity index (χ2n) is 14.6. The van der Waals surface area contributed by atoms with Crippen LogP contribution >= 0.6 is 7.82 Å². The summed E-state index contributed by atoms with van der Waals surface area (Å²) in [6.45, 7) is 2.20. The van der Waals surface area contributed by atoms with Crippen LogP contribution in [0, 0.1) is 0 Å². The molecule has 326 valence electrons. The van der Waals surface area contributed by atoms with E-state index in [-0.39, 0.29) is 19.4 Å². The number of hydrogen-bond acceptors (Lipinski definition) is 10. The minimum Gasteiger partial charge on any atom is -0.462 e. The first-order valence-electron chi connectivity index (χ1n) is 21.7. The van der Waals surface area contributed by atoms with Gasteiger partial charge < -0.3 is 29.7 Å². The number of phosphoric acid groups is 1. The molecule has 4 N–H and O–H groups in total. The predicted molar refractivity (Wildman–Crippen MR) is 225 cm³/mol. The average Bonchev–Trinajstić information content (AvgIpc) is 3.18. The molecule has 12 heteroatoms. The lowest BCUT2D eigenvalue weighted by Crippen LogP contribution is -2.29. The third kappa shape index (κ3) is 38.7. The summed E-state index contributed by atoms with van der Waals surface area (Å²) < 4.78 is 32.6. The number of carbonyl (C=O) groups excluding carboxylic acids is 2. The minimum atomic E-state index is -4.64. The monoisotopic (exact) mass is 815 g/mol. The number of aliphatic hydroxyl groups excluding tert-OH is 3. The van der Waals surface area contributed by atoms with Crippen LogP contribution in [-0.2, 0) is 32.7 Å². The van der Waals surface area contributed by atoms with E-state index in [9.17, 15) is 29.3 Å². The Kier molecular flexibility index (Phi) is 38.2. The number of ether oxygens (including phenoxy) is 2. The summed E-state index contributed by atoms with van der Waals surface area (Å²) >= 11 is 0. The first kappa shape index (κ1) is 53.9. The van der Waals surface area contributed by atoms with Crippen molar-refractivity contribution in [2.24, 2.45) is 0 Å². The van der Waals surface area contributed by atoms with Gasteiger partial charge in [-0.25, -0.2) is 4.57 Å². The smallest absolute Gasteiger partial charge is 0.462 e. The lowest BCUT2D eigenvalue weighted by atomic mass is 10.0. The van der Waals surface area contributed by atoms with E-state index in [1.54, 1.807) is 6.08 Å². The van der Waals surface area contributed by atoms with Gasteiger partial charge in [-0.3, -0.25) is 18.6 Å². The summed E-state index contributed by atoms with van der Waals surface area (Å²) in [5.74, 6) is -1.03. The normalized spacial score (nSPS) is 14.9. The molecule has 0 radical (unpaired) electrons. The predicted octanol–water partition coefficient (Wildman–Crippen LogP) is 10.3. The van der Waals surface area contributed by atoms with Gasteiger partial charge in [0.1, 0.15) is 12.7 Å². The van der Waals surface area contributed by atoms with Crippen LogP contribution in [0.3, 0.4) is 0 Å². The van der Waals surface area contributed by atoms with Crippen LogP contribution in [0.4, 0.5) is 0 Å². The van der Waals surface area contributed by atoms with Crippen LogP contribution < -0.4 is 0 Å². The molecule has 0 heterocycles. The Hall–Kier alpha value is -2.11. The Labute approximate surface area is 339 Å². The molecule has 0 saturated carbocycles. The highest BCUT2D eigenvalue weighted by Gasteiger charge is 2.27. The second kappa shape index (κ2) is 39.7. The number of allylic oxidation sites excluding steroid dienone is 6. The molecule has 0 bridgehead atoms. The standard InChI is InChI=1S/C44H79O11P/c1-3-5-7-9-11-12-13-14-15-16-17-18-22-27-31-35-44(49)55-42(39-54-56(50,51)53-37-41(47)36-45)38-52-43(48)34-30-26-23-19-21-25-29-33-40(46)32-28-24-20-10-8-6-4-2/h19-20,23-25,28-29,32,40-42,45-47H,3-18,21-22,26-27,30-31,33-39H2,1-2H3,(H,50,51)/b23-19+,24-20-,29-25-,32-28-/t40-,41+,42-/m1/s1. The van der Waals surface area contributed by atoms with Crippen molar-refractivity contribution in [3.8, 4) is 0 Å². The molecule has 0 aliphatic heterocycles. The van der Waals surface area contributed by atoms with Crippen LogP contribution in [0.1, 0.15) is 174 Å². The fraction of sp³-hybridized carbons (Fsp3) is 0.773. The van der Waals surface area contributed by atoms with Crippen LogP contribution in [-0.4, -0.2) is 76.9 Å². The van der Waals surface area contributed by atoms with E-state index in [0.717, 1.165) is 25.7 Å². The molecule has 56 heavy (non-hydrogen) atoms. The molecule has 0 fully saturated rings. The Morgan fingerprint density at radius 1 is 0.607 bits per heavy atom. The molecule has 0 rings (SSSR count). The zero-order valence-electron chi connectivity index (χ0n) is 35.0. The van der Waals surface area contributed by atoms with Gasteiger partial charge in [0.2, 0.25) is 0 Å². The number of rotatable bonds is 40. The van der Waals surface area contributed by atoms with Crippen LogP contribution in [0.15, 0.2) is 48.6 Å². The maximum atomic E-state index is 12.6. The van der Waals surface area contributed by atoms with Crippen LogP contribution in [0.5, 0.6) is 0 Å². The largest absolute Gasteiger partial charge is 0.472 e. The molecular weight excluding hydrogens is 735 g/mol. The van der Waals surface area contributed by atoms with Crippen molar-refractivity contribution in [2.75, 3.05) is 26.4 Å². The SMILES string of the molecule is CCCCC/C=C\C=C/[C@@H](O)C/C=C\C/C=C/CCCC(=O)OC[C@H](COP(=O)(O)OC[C@@H](O)CO)OC(=O)CCCCCCCCCCCCCCCCC. The minimum absolute atomic E-state index is 0.132. The van der Waals surface area contributed by atoms with Gasteiger partial charge in [-0.1, -0.05) is 165 Å². The molecule has 0 aromatic carbocycles. The van der Waals surface area contributed by atoms with E-state index in [0.29, 0.717) is 32.1 Å². The Morgan fingerprint density at radius 3 is 1.77 bits per heavy atom. The summed E-state index contributed by atoms with van der Waals surface area (Å²) in [5.41, 5.74) is 0. The van der Waals surface area contributed by atoms with Gasteiger partial charge in [0.05, 0.1) is 25.9 Å². The lowest BCUT2D eigenvalue weighted by molar-refractivity contribution is -0.161. The fourth-order valence-corrected chi connectivity index (χ4v) is 6.44. The number of hydrogen-bond donors (Lipinski definition) is 4. The molecule has 0 amide bonds. The van der Waals surface area contributed by atoms with Crippen molar-refractivity contribution in [1.82, 2.24) is 0 Å². The molecule has 4 atom stereocenters. The highest BCUT2D eigenvalue weighted by Crippen LogP contribution is 2.43. The topological polar surface area (TPSA) is 169 Å². The summed E-state index contributed by atoms with van der Waals surface area (Å²) in [6, 6.07) is 0. The molecule has 0 spiro atoms. The fourth-order valence-electron chi connectivity index (χ4n) is 5.65. The number of phosphoric ester groups is 1. The number of esters is 2. The first-order valence-corrected chi connectivity index (χ1v) is 23.2. The van der Waals surface area contributed by atoms with Gasteiger partial charge in [-0.15, -0.1) is 0 Å². The Balaban J connectivity index is 4.44. The maximum Gasteiger partial charge on any atom is 0.472 e. The molecule has 0 saturated heterocycles. The summed E-state index contributed by atoms with van der Waals surface area (Å²) in [5, 5.41) is 28.4. The molecule has 0 aromatic rings. The average molecular weight is 815 g/mol. The third-order valence-corrected chi connectivity index (χ3v) is 10.0. The highest BCUT2D eigenvalue weighted by atomic mass is 31.2. The molecule has 0 aliphatic carbocycles. The summed E-state index contributed by atoms with van der Waals surface area (Å²) in [7, 11) is -4.64. The zero-order valence-corrected chi connectivity index (χ0v) is 35.8. The van der Waals surface area contributed by atoms with Gasteiger partial charge in [0.25, 0.3) is 0 Å². The maximum absolute atomic E-state index is 12.6. The molecular formula is C44H79O11P. The summed E-state index contributed by atoms with van der Waals surface area (Å²) in [6.07, 6.45) is 38.2. The van der Waals surface area contributed by atoms with Crippen LogP contribution in [0.25, 0.3) is 0 Å². The number of carbonyl (C=O) groups is 2. The van der Waals surface area contributed by atoms with Crippen molar-refractivity contribution in [1.29, 1.82) is 0 Å². The second-order valence-corrected chi connectivity index (χ2v) is 16.0. The van der Waals surface area contributed by atoms with Crippen molar-refractivity contribution in [3.05, 3.63) is 48.6 Å². The number of aliphatic hydroxyl groups is 3. The third-order valence-electron chi connectivity index (χ3n) is 9.07. The molecule has 11 nitrogen and oxygen atoms in total. The van der Waals surface area contributed by atoms with Gasteiger partial charge in [0, 0.05) is 12.8 Å². The van der Waals surface area contributed by atoms with Crippen molar-refractivity contribution in [2.45, 2.75) is 193 Å². The van der Waals surface area contributed by atoms with Crippen LogP contribution in [0.2, 0.25) is 0 Å². The van der Waals surface area contributed by atoms with E-state index < -0.39 is 57.9 Å². The van der Waals surface area contributed by atoms with E-state index in [1.807, 2.05) is 36.5 Å². The Bertz CT molecular complexity index is 1090. The molecule has 0 aliphatic rings. The first-order chi connectivity index (χ1) is 27.1. The van der Waals surface area contributed by atoms with E-state index in [1.165, 1.54) is 89.9 Å². The van der Waals surface area contributed by atoms with Crippen molar-refractivity contribution >= 4 is 19.8 Å². The highest BCUT2D eigenvalue weighted by molar-refractivity contribution is 7.47. The lowest BCUT2D eigenvalue weighted by Gasteiger charge is -2.20. The quantitative estimate of drug-likeness (QED) is 0.0153. The van der Waals surface area contributed by atoms with Gasteiger partial charge in [-0.2, -0.15) is 0 Å². The molecule has 1 unspecified atom stereocenters. The number of unbranched alkanes of at least 4 members (excludes halogenated alkanes) is 18. The van der Waals surface area contributed by atoms with Crippen molar-refractivity contribution in [3.63, 3.8) is 0 Å². The van der Waals surface area contributed by atoms with Gasteiger partial charge >= 0.3 is 19.8 Å². The van der Waals surface area contributed by atoms with E-state index >= 15 is 0 Å². The Morgan fingerprint density at radius 2 is 1.14 bits per heavy atom.